The van der Waals surface area contributed by atoms with Crippen molar-refractivity contribution in [3.05, 3.63) is 0 Å². The first-order valence-electron chi connectivity index (χ1n) is 3.49. The number of carbonyl (C=O) groups is 1. The van der Waals surface area contributed by atoms with Gasteiger partial charge in [-0.25, -0.2) is 0 Å². The van der Waals surface area contributed by atoms with Crippen LogP contribution < -0.4 is 5.73 Å². The van der Waals surface area contributed by atoms with E-state index in [-0.39, 0.29) is 17.9 Å². The Hall–Kier alpha value is -0.570. The number of amides is 1. The highest BCUT2D eigenvalue weighted by Crippen LogP contribution is 2.42. The van der Waals surface area contributed by atoms with Crippen molar-refractivity contribution >= 4 is 5.91 Å². The van der Waals surface area contributed by atoms with Crippen molar-refractivity contribution in [1.29, 1.82) is 0 Å². The van der Waals surface area contributed by atoms with Crippen molar-refractivity contribution < 1.29 is 9.53 Å². The standard InChI is InChI=1S/C7H13NO2/c1-4(2)7(6(8)9)5(3)10-7/h4-5H,1-3H3,(H2,8,9). The second-order valence-electron chi connectivity index (χ2n) is 3.07. The molecule has 1 fully saturated rings. The lowest BCUT2D eigenvalue weighted by Crippen LogP contribution is -2.38. The molecule has 0 aromatic carbocycles. The van der Waals surface area contributed by atoms with Gasteiger partial charge in [0.15, 0.2) is 5.60 Å². The van der Waals surface area contributed by atoms with E-state index in [2.05, 4.69) is 0 Å². The van der Waals surface area contributed by atoms with Crippen molar-refractivity contribution in [2.75, 3.05) is 0 Å². The molecule has 0 spiro atoms. The number of carbonyl (C=O) groups excluding carboxylic acids is 1. The summed E-state index contributed by atoms with van der Waals surface area (Å²) in [4.78, 5) is 10.8. The Bertz CT molecular complexity index is 167. The Labute approximate surface area is 60.5 Å². The molecular weight excluding hydrogens is 130 g/mol. The maximum Gasteiger partial charge on any atom is 0.252 e. The van der Waals surface area contributed by atoms with E-state index in [0.717, 1.165) is 0 Å². The second kappa shape index (κ2) is 1.95. The zero-order valence-corrected chi connectivity index (χ0v) is 6.55. The van der Waals surface area contributed by atoms with E-state index in [1.54, 1.807) is 0 Å². The molecule has 1 rings (SSSR count). The van der Waals surface area contributed by atoms with Crippen molar-refractivity contribution in [2.45, 2.75) is 32.5 Å². The maximum absolute atomic E-state index is 10.8. The van der Waals surface area contributed by atoms with Gasteiger partial charge in [0.2, 0.25) is 0 Å². The molecule has 0 aromatic rings. The average Bonchev–Trinajstić information content (AvgIpc) is 2.42. The highest BCUT2D eigenvalue weighted by atomic mass is 16.6. The van der Waals surface area contributed by atoms with Crippen LogP contribution in [-0.4, -0.2) is 17.6 Å². The molecule has 1 aliphatic rings. The molecule has 0 radical (unpaired) electrons. The van der Waals surface area contributed by atoms with Gasteiger partial charge in [-0.1, -0.05) is 13.8 Å². The molecule has 2 atom stereocenters. The largest absolute Gasteiger partial charge is 0.367 e. The molecule has 0 aromatic heterocycles. The van der Waals surface area contributed by atoms with Gasteiger partial charge in [0.05, 0.1) is 6.10 Å². The second-order valence-corrected chi connectivity index (χ2v) is 3.07. The molecule has 58 valence electrons. The number of nitrogens with two attached hydrogens (primary N) is 1. The first-order valence-corrected chi connectivity index (χ1v) is 3.49. The third-order valence-electron chi connectivity index (χ3n) is 2.16. The van der Waals surface area contributed by atoms with E-state index >= 15 is 0 Å². The lowest BCUT2D eigenvalue weighted by Gasteiger charge is -2.11. The molecule has 10 heavy (non-hydrogen) atoms. The maximum atomic E-state index is 10.8. The topological polar surface area (TPSA) is 55.6 Å². The molecule has 0 aliphatic carbocycles. The van der Waals surface area contributed by atoms with E-state index in [1.807, 2.05) is 20.8 Å². The van der Waals surface area contributed by atoms with Gasteiger partial charge in [0.25, 0.3) is 5.91 Å². The molecule has 1 heterocycles. The summed E-state index contributed by atoms with van der Waals surface area (Å²) in [7, 11) is 0. The molecule has 1 amide bonds. The number of epoxide rings is 1. The highest BCUT2D eigenvalue weighted by molar-refractivity contribution is 5.87. The summed E-state index contributed by atoms with van der Waals surface area (Å²) in [5.41, 5.74) is 4.51. The lowest BCUT2D eigenvalue weighted by atomic mass is 9.92. The normalized spacial score (nSPS) is 38.2. The molecule has 2 N–H and O–H groups in total. The molecule has 0 saturated carbocycles. The predicted octanol–water partition coefficient (Wildman–Crippen LogP) is 0.285. The van der Waals surface area contributed by atoms with Crippen molar-refractivity contribution in [3.8, 4) is 0 Å². The third-order valence-corrected chi connectivity index (χ3v) is 2.16. The van der Waals surface area contributed by atoms with E-state index in [1.165, 1.54) is 0 Å². The summed E-state index contributed by atoms with van der Waals surface area (Å²) >= 11 is 0. The molecule has 1 saturated heterocycles. The van der Waals surface area contributed by atoms with Gasteiger partial charge in [0, 0.05) is 0 Å². The Morgan fingerprint density at radius 3 is 2.10 bits per heavy atom. The SMILES string of the molecule is CC(C)C1(C(N)=O)OC1C. The minimum Gasteiger partial charge on any atom is -0.367 e. The van der Waals surface area contributed by atoms with Crippen molar-refractivity contribution in [3.63, 3.8) is 0 Å². The number of rotatable bonds is 2. The van der Waals surface area contributed by atoms with Gasteiger partial charge in [-0.05, 0) is 12.8 Å². The van der Waals surface area contributed by atoms with Crippen LogP contribution in [0.15, 0.2) is 0 Å². The summed E-state index contributed by atoms with van der Waals surface area (Å²) in [6.45, 7) is 5.74. The van der Waals surface area contributed by atoms with Crippen LogP contribution in [0.5, 0.6) is 0 Å². The van der Waals surface area contributed by atoms with E-state index in [4.69, 9.17) is 10.5 Å². The Morgan fingerprint density at radius 2 is 2.10 bits per heavy atom. The van der Waals surface area contributed by atoms with E-state index < -0.39 is 5.60 Å². The first kappa shape index (κ1) is 7.54. The van der Waals surface area contributed by atoms with Crippen LogP contribution in [0.4, 0.5) is 0 Å². The number of primary amides is 1. The summed E-state index contributed by atoms with van der Waals surface area (Å²) < 4.78 is 5.15. The molecule has 3 heteroatoms. The predicted molar refractivity (Wildman–Crippen MR) is 37.3 cm³/mol. The summed E-state index contributed by atoms with van der Waals surface area (Å²) in [6.07, 6.45) is 0.00463. The van der Waals surface area contributed by atoms with Gasteiger partial charge in [0.1, 0.15) is 0 Å². The highest BCUT2D eigenvalue weighted by Gasteiger charge is 2.60. The van der Waals surface area contributed by atoms with Crippen LogP contribution in [0.25, 0.3) is 0 Å². The van der Waals surface area contributed by atoms with E-state index in [9.17, 15) is 4.79 Å². The Morgan fingerprint density at radius 1 is 1.70 bits per heavy atom. The van der Waals surface area contributed by atoms with Gasteiger partial charge >= 0.3 is 0 Å². The number of hydrogen-bond donors (Lipinski definition) is 1. The van der Waals surface area contributed by atoms with Crippen LogP contribution in [0.1, 0.15) is 20.8 Å². The van der Waals surface area contributed by atoms with Crippen molar-refractivity contribution in [1.82, 2.24) is 0 Å². The van der Waals surface area contributed by atoms with Crippen LogP contribution >= 0.6 is 0 Å². The number of hydrogen-bond acceptors (Lipinski definition) is 2. The summed E-state index contributed by atoms with van der Waals surface area (Å²) in [5.74, 6) is -0.157. The van der Waals surface area contributed by atoms with Gasteiger partial charge in [-0.2, -0.15) is 0 Å². The first-order chi connectivity index (χ1) is 4.51. The Balaban J connectivity index is 2.73. The van der Waals surface area contributed by atoms with Gasteiger partial charge in [-0.15, -0.1) is 0 Å². The van der Waals surface area contributed by atoms with E-state index in [0.29, 0.717) is 0 Å². The molecular formula is C7H13NO2. The zero-order valence-electron chi connectivity index (χ0n) is 6.55. The molecule has 0 bridgehead atoms. The van der Waals surface area contributed by atoms with Crippen LogP contribution in [-0.2, 0) is 9.53 Å². The smallest absolute Gasteiger partial charge is 0.252 e. The van der Waals surface area contributed by atoms with Crippen LogP contribution in [0.3, 0.4) is 0 Å². The molecule has 2 unspecified atom stereocenters. The van der Waals surface area contributed by atoms with Crippen LogP contribution in [0.2, 0.25) is 0 Å². The molecule has 3 nitrogen and oxygen atoms in total. The fourth-order valence-electron chi connectivity index (χ4n) is 1.41. The number of ether oxygens (including phenoxy) is 1. The van der Waals surface area contributed by atoms with Crippen LogP contribution in [0, 0.1) is 5.92 Å². The quantitative estimate of drug-likeness (QED) is 0.565. The molecule has 1 aliphatic heterocycles. The lowest BCUT2D eigenvalue weighted by molar-refractivity contribution is -0.124. The fourth-order valence-corrected chi connectivity index (χ4v) is 1.41. The Kier molecular flexibility index (Phi) is 1.47. The minimum atomic E-state index is -0.653. The average molecular weight is 143 g/mol. The summed E-state index contributed by atoms with van der Waals surface area (Å²) in [6, 6.07) is 0. The summed E-state index contributed by atoms with van der Waals surface area (Å²) in [5, 5.41) is 0. The zero-order chi connectivity index (χ0) is 7.94. The minimum absolute atomic E-state index is 0.00463. The van der Waals surface area contributed by atoms with Gasteiger partial charge < -0.3 is 10.5 Å². The fraction of sp³-hybridized carbons (Fsp3) is 0.857. The van der Waals surface area contributed by atoms with Crippen molar-refractivity contribution in [2.24, 2.45) is 11.7 Å². The third kappa shape index (κ3) is 0.736. The monoisotopic (exact) mass is 143 g/mol. The van der Waals surface area contributed by atoms with Gasteiger partial charge in [-0.3, -0.25) is 4.79 Å².